The normalized spacial score (nSPS) is 14.7. The molecule has 0 aliphatic carbocycles. The molecule has 1 N–H and O–H groups in total. The zero-order chi connectivity index (χ0) is 25.4. The van der Waals surface area contributed by atoms with Crippen molar-refractivity contribution in [3.8, 4) is 16.9 Å². The lowest BCUT2D eigenvalue weighted by atomic mass is 10.0. The van der Waals surface area contributed by atoms with Crippen LogP contribution in [0.25, 0.3) is 27.7 Å². The third-order valence-corrected chi connectivity index (χ3v) is 6.70. The molecule has 0 amide bonds. The van der Waals surface area contributed by atoms with E-state index in [0.29, 0.717) is 53.9 Å². The Balaban J connectivity index is 1.79. The predicted molar refractivity (Wildman–Crippen MR) is 141 cm³/mol. The molecule has 36 heavy (non-hydrogen) atoms. The quantitative estimate of drug-likeness (QED) is 0.285. The van der Waals surface area contributed by atoms with E-state index in [1.807, 2.05) is 18.2 Å². The molecule has 1 aromatic heterocycles. The summed E-state index contributed by atoms with van der Waals surface area (Å²) >= 11 is 3.49. The topological polar surface area (TPSA) is 111 Å². The van der Waals surface area contributed by atoms with Crippen molar-refractivity contribution in [2.24, 2.45) is 0 Å². The summed E-state index contributed by atoms with van der Waals surface area (Å²) in [6.07, 6.45) is -0.718. The SMILES string of the molecule is CC(O)c1cc(Br)cc(-c2nn(-c3cc(N4CCOCC4)ccc3[N+](=O)[O-])c(=O)c3ccccc23)c1. The maximum Gasteiger partial charge on any atom is 0.295 e. The second-order valence-electron chi connectivity index (χ2n) is 8.59. The number of anilines is 1. The molecule has 1 saturated heterocycles. The number of nitrogens with zero attached hydrogens (tertiary/aromatic N) is 4. The van der Waals surface area contributed by atoms with Crippen LogP contribution in [0.15, 0.2) is 69.9 Å². The van der Waals surface area contributed by atoms with Gasteiger partial charge in [-0.25, -0.2) is 0 Å². The Morgan fingerprint density at radius 2 is 1.81 bits per heavy atom. The molecule has 1 aliphatic heterocycles. The van der Waals surface area contributed by atoms with E-state index in [2.05, 4.69) is 25.9 Å². The van der Waals surface area contributed by atoms with Crippen LogP contribution in [0.2, 0.25) is 0 Å². The van der Waals surface area contributed by atoms with Crippen molar-refractivity contribution in [1.29, 1.82) is 0 Å². The first kappa shape index (κ1) is 24.1. The number of hydrogen-bond donors (Lipinski definition) is 1. The Bertz CT molecular complexity index is 1530. The molecule has 184 valence electrons. The number of aliphatic hydroxyl groups is 1. The maximum atomic E-state index is 13.6. The van der Waals surface area contributed by atoms with Crippen molar-refractivity contribution in [3.05, 3.63) is 91.2 Å². The van der Waals surface area contributed by atoms with Gasteiger partial charge in [-0.05, 0) is 48.9 Å². The molecule has 4 aromatic rings. The van der Waals surface area contributed by atoms with Crippen LogP contribution in [0.1, 0.15) is 18.6 Å². The number of aromatic nitrogens is 2. The largest absolute Gasteiger partial charge is 0.389 e. The van der Waals surface area contributed by atoms with Crippen LogP contribution in [0.5, 0.6) is 0 Å². The van der Waals surface area contributed by atoms with Crippen LogP contribution >= 0.6 is 15.9 Å². The summed E-state index contributed by atoms with van der Waals surface area (Å²) in [7, 11) is 0. The fourth-order valence-corrected chi connectivity index (χ4v) is 4.92. The van der Waals surface area contributed by atoms with Gasteiger partial charge in [0, 0.05) is 40.3 Å². The summed E-state index contributed by atoms with van der Waals surface area (Å²) in [5.74, 6) is 0. The highest BCUT2D eigenvalue weighted by molar-refractivity contribution is 9.10. The van der Waals surface area contributed by atoms with Gasteiger partial charge in [0.05, 0.1) is 35.3 Å². The van der Waals surface area contributed by atoms with Crippen molar-refractivity contribution in [3.63, 3.8) is 0 Å². The third-order valence-electron chi connectivity index (χ3n) is 6.24. The summed E-state index contributed by atoms with van der Waals surface area (Å²) < 4.78 is 7.28. The average Bonchev–Trinajstić information content (AvgIpc) is 2.89. The molecule has 0 spiro atoms. The highest BCUT2D eigenvalue weighted by atomic mass is 79.9. The van der Waals surface area contributed by atoms with Gasteiger partial charge in [0.25, 0.3) is 11.2 Å². The zero-order valence-corrected chi connectivity index (χ0v) is 21.0. The van der Waals surface area contributed by atoms with E-state index in [9.17, 15) is 20.0 Å². The minimum Gasteiger partial charge on any atom is -0.389 e. The minimum atomic E-state index is -0.718. The van der Waals surface area contributed by atoms with E-state index in [4.69, 9.17) is 4.74 Å². The van der Waals surface area contributed by atoms with Gasteiger partial charge in [0.1, 0.15) is 5.69 Å². The van der Waals surface area contributed by atoms with E-state index in [-0.39, 0.29) is 11.4 Å². The van der Waals surface area contributed by atoms with Crippen LogP contribution < -0.4 is 10.5 Å². The number of nitro groups is 1. The third kappa shape index (κ3) is 4.50. The van der Waals surface area contributed by atoms with Gasteiger partial charge >= 0.3 is 0 Å². The van der Waals surface area contributed by atoms with Crippen molar-refractivity contribution >= 4 is 38.1 Å². The van der Waals surface area contributed by atoms with Gasteiger partial charge in [-0.15, -0.1) is 0 Å². The number of nitro benzene ring substituents is 1. The zero-order valence-electron chi connectivity index (χ0n) is 19.4. The molecule has 1 atom stereocenters. The molecule has 9 nitrogen and oxygen atoms in total. The number of aliphatic hydroxyl groups excluding tert-OH is 1. The van der Waals surface area contributed by atoms with Gasteiger partial charge in [-0.2, -0.15) is 9.78 Å². The van der Waals surface area contributed by atoms with E-state index in [1.165, 1.54) is 6.07 Å². The van der Waals surface area contributed by atoms with Gasteiger partial charge in [-0.3, -0.25) is 14.9 Å². The Morgan fingerprint density at radius 1 is 1.08 bits per heavy atom. The first-order valence-electron chi connectivity index (χ1n) is 11.5. The van der Waals surface area contributed by atoms with E-state index >= 15 is 0 Å². The summed E-state index contributed by atoms with van der Waals surface area (Å²) in [5, 5.41) is 27.8. The smallest absolute Gasteiger partial charge is 0.295 e. The highest BCUT2D eigenvalue weighted by Gasteiger charge is 2.23. The molecule has 1 aliphatic rings. The number of fused-ring (bicyclic) bond motifs is 1. The van der Waals surface area contributed by atoms with Gasteiger partial charge in [0.2, 0.25) is 0 Å². The second-order valence-corrected chi connectivity index (χ2v) is 9.51. The van der Waals surface area contributed by atoms with Crippen LogP contribution in [-0.4, -0.2) is 46.1 Å². The molecule has 0 radical (unpaired) electrons. The Labute approximate surface area is 214 Å². The van der Waals surface area contributed by atoms with Crippen molar-refractivity contribution in [2.75, 3.05) is 31.2 Å². The number of benzene rings is 3. The van der Waals surface area contributed by atoms with Crippen LogP contribution in [0, 0.1) is 10.1 Å². The second kappa shape index (κ2) is 9.81. The molecule has 1 fully saturated rings. The van der Waals surface area contributed by atoms with Gasteiger partial charge < -0.3 is 14.7 Å². The van der Waals surface area contributed by atoms with Gasteiger partial charge in [0.15, 0.2) is 0 Å². The molecule has 0 bridgehead atoms. The standard InChI is InChI=1S/C26H23BrN4O5/c1-16(32)17-12-18(14-19(27)13-17)25-21-4-2-3-5-22(21)26(33)30(28-25)24-15-20(6-7-23(24)31(34)35)29-8-10-36-11-9-29/h2-7,12-16,32H,8-11H2,1H3. The fourth-order valence-electron chi connectivity index (χ4n) is 4.41. The number of rotatable bonds is 5. The van der Waals surface area contributed by atoms with Gasteiger partial charge in [-0.1, -0.05) is 34.1 Å². The molecular weight excluding hydrogens is 528 g/mol. The molecule has 2 heterocycles. The average molecular weight is 551 g/mol. The minimum absolute atomic E-state index is 0.0896. The monoisotopic (exact) mass is 550 g/mol. The molecular formula is C26H23BrN4O5. The molecule has 1 unspecified atom stereocenters. The highest BCUT2D eigenvalue weighted by Crippen LogP contribution is 2.33. The number of morpholine rings is 1. The Morgan fingerprint density at radius 3 is 2.50 bits per heavy atom. The summed E-state index contributed by atoms with van der Waals surface area (Å²) in [5.41, 5.74) is 1.97. The Hall–Kier alpha value is -3.60. The number of ether oxygens (including phenoxy) is 1. The van der Waals surface area contributed by atoms with Crippen LogP contribution in [0.4, 0.5) is 11.4 Å². The molecule has 0 saturated carbocycles. The van der Waals surface area contributed by atoms with Crippen molar-refractivity contribution in [1.82, 2.24) is 9.78 Å². The molecule has 10 heteroatoms. The lowest BCUT2D eigenvalue weighted by Gasteiger charge is -2.29. The van der Waals surface area contributed by atoms with E-state index < -0.39 is 16.6 Å². The summed E-state index contributed by atoms with van der Waals surface area (Å²) in [6, 6.07) is 17.2. The fraction of sp³-hybridized carbons (Fsp3) is 0.231. The van der Waals surface area contributed by atoms with Crippen LogP contribution in [0.3, 0.4) is 0 Å². The molecule has 3 aromatic carbocycles. The van der Waals surface area contributed by atoms with Crippen molar-refractivity contribution < 1.29 is 14.8 Å². The summed E-state index contributed by atoms with van der Waals surface area (Å²) in [4.78, 5) is 27.1. The van der Waals surface area contributed by atoms with Crippen LogP contribution in [-0.2, 0) is 4.74 Å². The summed E-state index contributed by atoms with van der Waals surface area (Å²) in [6.45, 7) is 4.06. The van der Waals surface area contributed by atoms with Crippen molar-refractivity contribution in [2.45, 2.75) is 13.0 Å². The van der Waals surface area contributed by atoms with E-state index in [0.717, 1.165) is 14.8 Å². The number of halogens is 1. The first-order chi connectivity index (χ1) is 17.3. The molecule has 5 rings (SSSR count). The lowest BCUT2D eigenvalue weighted by Crippen LogP contribution is -2.36. The predicted octanol–water partition coefficient (Wildman–Crippen LogP) is 4.61. The first-order valence-corrected chi connectivity index (χ1v) is 12.3. The Kier molecular flexibility index (Phi) is 6.57. The number of hydrogen-bond acceptors (Lipinski definition) is 7. The maximum absolute atomic E-state index is 13.6. The lowest BCUT2D eigenvalue weighted by molar-refractivity contribution is -0.384. The van der Waals surface area contributed by atoms with E-state index in [1.54, 1.807) is 43.3 Å².